The van der Waals surface area contributed by atoms with Gasteiger partial charge in [-0.15, -0.1) is 0 Å². The Morgan fingerprint density at radius 3 is 2.18 bits per heavy atom. The van der Waals surface area contributed by atoms with Crippen LogP contribution in [-0.2, 0) is 26.2 Å². The summed E-state index contributed by atoms with van der Waals surface area (Å²) in [6, 6.07) is 10.1. The molecule has 0 aliphatic heterocycles. The fourth-order valence-corrected chi connectivity index (χ4v) is 6.39. The lowest BCUT2D eigenvalue weighted by atomic mass is 10.1. The van der Waals surface area contributed by atoms with E-state index in [2.05, 4.69) is 5.32 Å². The second kappa shape index (κ2) is 13.2. The number of nitrogens with one attached hydrogen (secondary N) is 1. The van der Waals surface area contributed by atoms with Gasteiger partial charge in [-0.3, -0.25) is 13.9 Å². The number of nitrogens with zero attached hydrogens (tertiary/aromatic N) is 2. The van der Waals surface area contributed by atoms with E-state index < -0.39 is 16.1 Å². The van der Waals surface area contributed by atoms with Crippen molar-refractivity contribution in [3.05, 3.63) is 63.1 Å². The van der Waals surface area contributed by atoms with Gasteiger partial charge in [-0.05, 0) is 75.4 Å². The van der Waals surface area contributed by atoms with Gasteiger partial charge in [-0.2, -0.15) is 0 Å². The zero-order valence-electron chi connectivity index (χ0n) is 22.5. The van der Waals surface area contributed by atoms with Crippen LogP contribution in [0.5, 0.6) is 0 Å². The van der Waals surface area contributed by atoms with Crippen molar-refractivity contribution in [3.63, 3.8) is 0 Å². The zero-order chi connectivity index (χ0) is 28.0. The Balaban J connectivity index is 1.77. The van der Waals surface area contributed by atoms with E-state index in [0.717, 1.165) is 43.1 Å². The van der Waals surface area contributed by atoms with Crippen LogP contribution in [0.4, 0.5) is 5.69 Å². The molecule has 1 aliphatic rings. The second-order valence-electron chi connectivity index (χ2n) is 10.2. The number of halogens is 2. The monoisotopic (exact) mass is 581 g/mol. The molecule has 7 nitrogen and oxygen atoms in total. The highest BCUT2D eigenvalue weighted by atomic mass is 35.5. The minimum atomic E-state index is -3.56. The molecule has 1 fully saturated rings. The molecule has 38 heavy (non-hydrogen) atoms. The van der Waals surface area contributed by atoms with Crippen molar-refractivity contribution in [1.29, 1.82) is 0 Å². The molecular formula is C28H37Cl2N3O4S. The summed E-state index contributed by atoms with van der Waals surface area (Å²) in [5, 5.41) is 3.90. The first-order valence-electron chi connectivity index (χ1n) is 13.0. The lowest BCUT2D eigenvalue weighted by Gasteiger charge is -2.31. The SMILES string of the molecule is Cc1cc(C)cc(N(CCCC(=O)N(Cc2c(Cl)cccc2Cl)[C@@H](C)C(=O)NC2CCCC2)S(C)(=O)=O)c1. The molecule has 2 aromatic rings. The topological polar surface area (TPSA) is 86.8 Å². The number of rotatable bonds is 11. The molecule has 208 valence electrons. The van der Waals surface area contributed by atoms with Crippen LogP contribution in [0.15, 0.2) is 36.4 Å². The quantitative estimate of drug-likeness (QED) is 0.372. The third-order valence-electron chi connectivity index (χ3n) is 6.91. The van der Waals surface area contributed by atoms with Crippen LogP contribution in [0.25, 0.3) is 0 Å². The lowest BCUT2D eigenvalue weighted by molar-refractivity contribution is -0.140. The highest BCUT2D eigenvalue weighted by Crippen LogP contribution is 2.28. The van der Waals surface area contributed by atoms with Crippen molar-refractivity contribution >= 4 is 50.7 Å². The minimum absolute atomic E-state index is 0.0555. The van der Waals surface area contributed by atoms with E-state index in [1.54, 1.807) is 25.1 Å². The predicted molar refractivity (Wildman–Crippen MR) is 154 cm³/mol. The molecule has 10 heteroatoms. The second-order valence-corrected chi connectivity index (χ2v) is 12.9. The van der Waals surface area contributed by atoms with E-state index in [4.69, 9.17) is 23.2 Å². The number of carbonyl (C=O) groups is 2. The first-order chi connectivity index (χ1) is 17.9. The molecule has 0 bridgehead atoms. The largest absolute Gasteiger partial charge is 0.352 e. The van der Waals surface area contributed by atoms with Crippen LogP contribution < -0.4 is 9.62 Å². The standard InChI is InChI=1S/C28H37Cl2N3O4S/c1-19-15-20(2)17-23(16-19)33(38(4,36)37)14-8-13-27(34)32(18-24-25(29)11-7-12-26(24)30)21(3)28(35)31-22-9-5-6-10-22/h7,11-12,15-17,21-22H,5-6,8-10,13-14,18H2,1-4H3,(H,31,35)/t21-/m0/s1. The highest BCUT2D eigenvalue weighted by molar-refractivity contribution is 7.92. The molecule has 1 N–H and O–H groups in total. The average molecular weight is 583 g/mol. The van der Waals surface area contributed by atoms with E-state index in [-0.39, 0.29) is 43.8 Å². The molecule has 0 radical (unpaired) electrons. The molecule has 0 unspecified atom stereocenters. The van der Waals surface area contributed by atoms with Crippen LogP contribution in [0.1, 0.15) is 62.1 Å². The summed E-state index contributed by atoms with van der Waals surface area (Å²) in [5.41, 5.74) is 3.04. The first kappa shape index (κ1) is 30.3. The molecule has 0 aromatic heterocycles. The van der Waals surface area contributed by atoms with Gasteiger partial charge in [0.1, 0.15) is 6.04 Å². The van der Waals surface area contributed by atoms with Crippen molar-refractivity contribution < 1.29 is 18.0 Å². The molecular weight excluding hydrogens is 545 g/mol. The number of aryl methyl sites for hydroxylation is 2. The van der Waals surface area contributed by atoms with Gasteiger partial charge in [0, 0.05) is 41.2 Å². The molecule has 1 aliphatic carbocycles. The Hall–Kier alpha value is -2.29. The van der Waals surface area contributed by atoms with Gasteiger partial charge in [0.15, 0.2) is 0 Å². The molecule has 2 aromatic carbocycles. The Kier molecular flexibility index (Phi) is 10.5. The molecule has 3 rings (SSSR count). The minimum Gasteiger partial charge on any atom is -0.352 e. The third-order valence-corrected chi connectivity index (χ3v) is 8.81. The molecule has 1 saturated carbocycles. The van der Waals surface area contributed by atoms with Crippen LogP contribution in [0.3, 0.4) is 0 Å². The Morgan fingerprint density at radius 1 is 1.05 bits per heavy atom. The van der Waals surface area contributed by atoms with Crippen molar-refractivity contribution in [2.45, 2.75) is 77.9 Å². The van der Waals surface area contributed by atoms with E-state index in [9.17, 15) is 18.0 Å². The number of carbonyl (C=O) groups excluding carboxylic acids is 2. The van der Waals surface area contributed by atoms with Crippen molar-refractivity contribution in [3.8, 4) is 0 Å². The van der Waals surface area contributed by atoms with Gasteiger partial charge in [-0.1, -0.05) is 48.2 Å². The number of sulfonamides is 1. The summed E-state index contributed by atoms with van der Waals surface area (Å²) in [6.45, 7) is 5.73. The van der Waals surface area contributed by atoms with Gasteiger partial charge in [-0.25, -0.2) is 8.42 Å². The normalized spacial score (nSPS) is 14.8. The highest BCUT2D eigenvalue weighted by Gasteiger charge is 2.29. The maximum atomic E-state index is 13.5. The molecule has 0 spiro atoms. The summed E-state index contributed by atoms with van der Waals surface area (Å²) < 4.78 is 26.5. The predicted octanol–water partition coefficient (Wildman–Crippen LogP) is 5.63. The molecule has 2 amide bonds. The summed E-state index contributed by atoms with van der Waals surface area (Å²) >= 11 is 12.8. The molecule has 0 heterocycles. The Bertz CT molecular complexity index is 1220. The number of hydrogen-bond acceptors (Lipinski definition) is 4. The van der Waals surface area contributed by atoms with Gasteiger partial charge in [0.2, 0.25) is 21.8 Å². The van der Waals surface area contributed by atoms with Gasteiger partial charge in [0.25, 0.3) is 0 Å². The Morgan fingerprint density at radius 2 is 1.63 bits per heavy atom. The van der Waals surface area contributed by atoms with Crippen LogP contribution in [0.2, 0.25) is 10.0 Å². The number of anilines is 1. The summed E-state index contributed by atoms with van der Waals surface area (Å²) in [4.78, 5) is 28.1. The lowest BCUT2D eigenvalue weighted by Crippen LogP contribution is -2.49. The number of amides is 2. The molecule has 1 atom stereocenters. The van der Waals surface area contributed by atoms with E-state index in [1.165, 1.54) is 9.21 Å². The van der Waals surface area contributed by atoms with Crippen molar-refractivity contribution in [1.82, 2.24) is 10.2 Å². The van der Waals surface area contributed by atoms with E-state index in [1.807, 2.05) is 32.0 Å². The Labute approximate surface area is 236 Å². The maximum absolute atomic E-state index is 13.5. The zero-order valence-corrected chi connectivity index (χ0v) is 24.8. The first-order valence-corrected chi connectivity index (χ1v) is 15.6. The molecule has 0 saturated heterocycles. The van der Waals surface area contributed by atoms with Crippen LogP contribution in [-0.4, -0.2) is 50.0 Å². The summed E-state index contributed by atoms with van der Waals surface area (Å²) in [6.07, 6.45) is 5.52. The fourth-order valence-electron chi connectivity index (χ4n) is 4.93. The average Bonchev–Trinajstić information content (AvgIpc) is 3.32. The van der Waals surface area contributed by atoms with Crippen LogP contribution in [0, 0.1) is 13.8 Å². The van der Waals surface area contributed by atoms with Gasteiger partial charge in [0.05, 0.1) is 11.9 Å². The third kappa shape index (κ3) is 8.10. The fraction of sp³-hybridized carbons (Fsp3) is 0.500. The van der Waals surface area contributed by atoms with E-state index >= 15 is 0 Å². The van der Waals surface area contributed by atoms with Crippen molar-refractivity contribution in [2.75, 3.05) is 17.1 Å². The maximum Gasteiger partial charge on any atom is 0.242 e. The smallest absolute Gasteiger partial charge is 0.242 e. The van der Waals surface area contributed by atoms with Crippen molar-refractivity contribution in [2.24, 2.45) is 0 Å². The van der Waals surface area contributed by atoms with Gasteiger partial charge < -0.3 is 10.2 Å². The van der Waals surface area contributed by atoms with E-state index in [0.29, 0.717) is 21.3 Å². The van der Waals surface area contributed by atoms with Gasteiger partial charge >= 0.3 is 0 Å². The number of hydrogen-bond donors (Lipinski definition) is 1. The number of benzene rings is 2. The summed E-state index contributed by atoms with van der Waals surface area (Å²) in [7, 11) is -3.56. The van der Waals surface area contributed by atoms with Crippen LogP contribution >= 0.6 is 23.2 Å². The summed E-state index contributed by atoms with van der Waals surface area (Å²) in [5.74, 6) is -0.495.